The van der Waals surface area contributed by atoms with Crippen LogP contribution >= 0.6 is 11.6 Å². The molecule has 0 unspecified atom stereocenters. The predicted octanol–water partition coefficient (Wildman–Crippen LogP) is 2.94. The summed E-state index contributed by atoms with van der Waals surface area (Å²) >= 11 is 6.15. The first kappa shape index (κ1) is 12.7. The standard InChI is InChI=1S/C13H20ClN3/c1-9(2)17(7-10-3-4-10)8-12-11(14)5-6-13(15)16-12/h5-6,9-10H,3-4,7-8H2,1-2H3,(H2,15,16). The Kier molecular flexibility index (Phi) is 3.89. The van der Waals surface area contributed by atoms with Crippen molar-refractivity contribution in [1.82, 2.24) is 9.88 Å². The molecule has 1 saturated carbocycles. The molecular weight excluding hydrogens is 234 g/mol. The number of halogens is 1. The van der Waals surface area contributed by atoms with Crippen molar-refractivity contribution in [2.75, 3.05) is 12.3 Å². The quantitative estimate of drug-likeness (QED) is 0.877. The van der Waals surface area contributed by atoms with Crippen LogP contribution in [0.1, 0.15) is 32.4 Å². The monoisotopic (exact) mass is 253 g/mol. The normalized spacial score (nSPS) is 15.8. The molecule has 0 saturated heterocycles. The fourth-order valence-electron chi connectivity index (χ4n) is 1.89. The van der Waals surface area contributed by atoms with Crippen LogP contribution < -0.4 is 5.73 Å². The lowest BCUT2D eigenvalue weighted by atomic mass is 10.2. The first-order valence-corrected chi connectivity index (χ1v) is 6.59. The molecule has 2 N–H and O–H groups in total. The number of nitrogens with two attached hydrogens (primary N) is 1. The third-order valence-electron chi connectivity index (χ3n) is 3.21. The Labute approximate surface area is 108 Å². The molecule has 94 valence electrons. The Bertz CT molecular complexity index is 388. The fourth-order valence-corrected chi connectivity index (χ4v) is 2.06. The highest BCUT2D eigenvalue weighted by Crippen LogP contribution is 2.31. The van der Waals surface area contributed by atoms with Crippen LogP contribution in [-0.4, -0.2) is 22.5 Å². The molecule has 3 nitrogen and oxygen atoms in total. The van der Waals surface area contributed by atoms with E-state index in [1.807, 2.05) is 6.07 Å². The summed E-state index contributed by atoms with van der Waals surface area (Å²) in [5.74, 6) is 1.41. The third-order valence-corrected chi connectivity index (χ3v) is 3.56. The Morgan fingerprint density at radius 3 is 2.76 bits per heavy atom. The average Bonchev–Trinajstić information content (AvgIpc) is 3.06. The molecule has 1 aliphatic rings. The van der Waals surface area contributed by atoms with E-state index in [1.54, 1.807) is 6.07 Å². The first-order valence-electron chi connectivity index (χ1n) is 6.21. The number of hydrogen-bond donors (Lipinski definition) is 1. The molecule has 0 amide bonds. The zero-order chi connectivity index (χ0) is 12.4. The average molecular weight is 254 g/mol. The van der Waals surface area contributed by atoms with Crippen LogP contribution in [0.5, 0.6) is 0 Å². The van der Waals surface area contributed by atoms with Gasteiger partial charge in [0.1, 0.15) is 5.82 Å². The van der Waals surface area contributed by atoms with Crippen LogP contribution in [0.3, 0.4) is 0 Å². The van der Waals surface area contributed by atoms with E-state index in [0.717, 1.165) is 24.7 Å². The Morgan fingerprint density at radius 2 is 2.18 bits per heavy atom. The highest BCUT2D eigenvalue weighted by Gasteiger charge is 2.26. The van der Waals surface area contributed by atoms with Crippen LogP contribution in [0.2, 0.25) is 5.02 Å². The minimum Gasteiger partial charge on any atom is -0.384 e. The van der Waals surface area contributed by atoms with Gasteiger partial charge in [-0.2, -0.15) is 0 Å². The molecule has 0 aromatic carbocycles. The molecule has 1 aromatic rings. The lowest BCUT2D eigenvalue weighted by Crippen LogP contribution is -2.32. The van der Waals surface area contributed by atoms with Gasteiger partial charge in [0.2, 0.25) is 0 Å². The first-order chi connectivity index (χ1) is 8.06. The molecule has 1 heterocycles. The lowest BCUT2D eigenvalue weighted by Gasteiger charge is -2.26. The van der Waals surface area contributed by atoms with E-state index in [-0.39, 0.29) is 0 Å². The molecule has 2 rings (SSSR count). The summed E-state index contributed by atoms with van der Waals surface area (Å²) in [5.41, 5.74) is 6.59. The molecular formula is C13H20ClN3. The number of nitrogen functional groups attached to an aromatic ring is 1. The zero-order valence-electron chi connectivity index (χ0n) is 10.5. The van der Waals surface area contributed by atoms with Gasteiger partial charge < -0.3 is 5.73 Å². The minimum absolute atomic E-state index is 0.509. The highest BCUT2D eigenvalue weighted by atomic mass is 35.5. The number of aromatic nitrogens is 1. The van der Waals surface area contributed by atoms with Gasteiger partial charge in [0.15, 0.2) is 0 Å². The number of anilines is 1. The lowest BCUT2D eigenvalue weighted by molar-refractivity contribution is 0.201. The van der Waals surface area contributed by atoms with Crippen molar-refractivity contribution >= 4 is 17.4 Å². The van der Waals surface area contributed by atoms with E-state index >= 15 is 0 Å². The maximum absolute atomic E-state index is 6.15. The molecule has 17 heavy (non-hydrogen) atoms. The van der Waals surface area contributed by atoms with E-state index in [1.165, 1.54) is 12.8 Å². The second-order valence-electron chi connectivity index (χ2n) is 5.13. The van der Waals surface area contributed by atoms with Gasteiger partial charge in [-0.1, -0.05) is 11.6 Å². The third kappa shape index (κ3) is 3.58. The van der Waals surface area contributed by atoms with Gasteiger partial charge in [0.25, 0.3) is 0 Å². The molecule has 4 heteroatoms. The van der Waals surface area contributed by atoms with Crippen LogP contribution in [0.15, 0.2) is 12.1 Å². The van der Waals surface area contributed by atoms with Gasteiger partial charge in [0.05, 0.1) is 10.7 Å². The van der Waals surface area contributed by atoms with Gasteiger partial charge in [0, 0.05) is 19.1 Å². The molecule has 0 aliphatic heterocycles. The van der Waals surface area contributed by atoms with Crippen molar-refractivity contribution < 1.29 is 0 Å². The number of nitrogens with zero attached hydrogens (tertiary/aromatic N) is 2. The number of hydrogen-bond acceptors (Lipinski definition) is 3. The number of pyridine rings is 1. The largest absolute Gasteiger partial charge is 0.384 e. The molecule has 1 aromatic heterocycles. The van der Waals surface area contributed by atoms with Crippen LogP contribution in [0.25, 0.3) is 0 Å². The Hall–Kier alpha value is -0.800. The Morgan fingerprint density at radius 1 is 1.47 bits per heavy atom. The van der Waals surface area contributed by atoms with E-state index in [9.17, 15) is 0 Å². The zero-order valence-corrected chi connectivity index (χ0v) is 11.2. The minimum atomic E-state index is 0.509. The van der Waals surface area contributed by atoms with Crippen molar-refractivity contribution in [1.29, 1.82) is 0 Å². The van der Waals surface area contributed by atoms with Crippen molar-refractivity contribution in [3.05, 3.63) is 22.8 Å². The van der Waals surface area contributed by atoms with Crippen molar-refractivity contribution in [3.63, 3.8) is 0 Å². The van der Waals surface area contributed by atoms with Crippen LogP contribution in [-0.2, 0) is 6.54 Å². The SMILES string of the molecule is CC(C)N(Cc1nc(N)ccc1Cl)CC1CC1. The predicted molar refractivity (Wildman–Crippen MR) is 71.9 cm³/mol. The maximum Gasteiger partial charge on any atom is 0.123 e. The van der Waals surface area contributed by atoms with Gasteiger partial charge in [-0.05, 0) is 44.7 Å². The smallest absolute Gasteiger partial charge is 0.123 e. The van der Waals surface area contributed by atoms with Crippen molar-refractivity contribution in [2.45, 2.75) is 39.3 Å². The topological polar surface area (TPSA) is 42.2 Å². The fraction of sp³-hybridized carbons (Fsp3) is 0.615. The van der Waals surface area contributed by atoms with Gasteiger partial charge in [-0.15, -0.1) is 0 Å². The van der Waals surface area contributed by atoms with Crippen LogP contribution in [0, 0.1) is 5.92 Å². The number of rotatable bonds is 5. The summed E-state index contributed by atoms with van der Waals surface area (Å²) in [5, 5.41) is 0.709. The van der Waals surface area contributed by atoms with Gasteiger partial charge in [-0.3, -0.25) is 4.90 Å². The summed E-state index contributed by atoms with van der Waals surface area (Å²) < 4.78 is 0. The summed E-state index contributed by atoms with van der Waals surface area (Å²) in [7, 11) is 0. The molecule has 1 fully saturated rings. The van der Waals surface area contributed by atoms with E-state index in [0.29, 0.717) is 16.9 Å². The maximum atomic E-state index is 6.15. The Balaban J connectivity index is 2.07. The van der Waals surface area contributed by atoms with E-state index in [4.69, 9.17) is 17.3 Å². The summed E-state index contributed by atoms with van der Waals surface area (Å²) in [6.07, 6.45) is 2.72. The molecule has 0 atom stereocenters. The second-order valence-corrected chi connectivity index (χ2v) is 5.54. The molecule has 1 aliphatic carbocycles. The van der Waals surface area contributed by atoms with E-state index < -0.39 is 0 Å². The molecule has 0 bridgehead atoms. The van der Waals surface area contributed by atoms with E-state index in [2.05, 4.69) is 23.7 Å². The molecule has 0 spiro atoms. The summed E-state index contributed by atoms with van der Waals surface area (Å²) in [6, 6.07) is 4.08. The highest BCUT2D eigenvalue weighted by molar-refractivity contribution is 6.31. The summed E-state index contributed by atoms with van der Waals surface area (Å²) in [4.78, 5) is 6.75. The second kappa shape index (κ2) is 5.23. The van der Waals surface area contributed by atoms with Crippen LogP contribution in [0.4, 0.5) is 5.82 Å². The van der Waals surface area contributed by atoms with Crippen molar-refractivity contribution in [3.8, 4) is 0 Å². The van der Waals surface area contributed by atoms with Gasteiger partial charge >= 0.3 is 0 Å². The molecule has 0 radical (unpaired) electrons. The summed E-state index contributed by atoms with van der Waals surface area (Å²) in [6.45, 7) is 6.35. The van der Waals surface area contributed by atoms with Gasteiger partial charge in [-0.25, -0.2) is 4.98 Å². The van der Waals surface area contributed by atoms with Crippen molar-refractivity contribution in [2.24, 2.45) is 5.92 Å².